The number of ether oxygens (including phenoxy) is 3. The number of nitriles is 1. The van der Waals surface area contributed by atoms with Gasteiger partial charge in [0, 0.05) is 5.56 Å². The Morgan fingerprint density at radius 1 is 1.27 bits per heavy atom. The quantitative estimate of drug-likeness (QED) is 0.595. The Bertz CT molecular complexity index is 1160. The average molecular weight is 404 g/mol. The number of methoxy groups -OCH3 is 1. The molecule has 0 bridgehead atoms. The molecule has 4 rings (SSSR count). The maximum absolute atomic E-state index is 10.3. The van der Waals surface area contributed by atoms with E-state index >= 15 is 0 Å². The van der Waals surface area contributed by atoms with Crippen LogP contribution >= 0.6 is 0 Å². The van der Waals surface area contributed by atoms with Crippen LogP contribution in [0.4, 0.5) is 0 Å². The minimum Gasteiger partial charge on any atom is -0.504 e. The molecule has 0 saturated heterocycles. The first kappa shape index (κ1) is 19.2. The fraction of sp³-hybridized carbons (Fsp3) is 0.182. The third kappa shape index (κ3) is 3.16. The van der Waals surface area contributed by atoms with Crippen LogP contribution < -0.4 is 19.9 Å². The number of nitrogens with zero attached hydrogens (tertiary/aromatic N) is 2. The first-order chi connectivity index (χ1) is 14.6. The molecule has 0 spiro atoms. The number of aromatic hydroxyl groups is 1. The van der Waals surface area contributed by atoms with Crippen LogP contribution in [0.15, 0.2) is 53.9 Å². The third-order valence-electron chi connectivity index (χ3n) is 4.93. The number of H-pyrrole nitrogens is 1. The number of nitrogens with one attached hydrogen (secondary N) is 1. The minimum atomic E-state index is -0.573. The van der Waals surface area contributed by atoms with Crippen LogP contribution in [0.25, 0.3) is 11.3 Å². The smallest absolute Gasteiger partial charge is 0.244 e. The van der Waals surface area contributed by atoms with Crippen LogP contribution in [0, 0.1) is 11.3 Å². The van der Waals surface area contributed by atoms with Gasteiger partial charge in [-0.2, -0.15) is 5.26 Å². The van der Waals surface area contributed by atoms with Crippen LogP contribution in [0.3, 0.4) is 0 Å². The second-order valence-electron chi connectivity index (χ2n) is 6.63. The van der Waals surface area contributed by atoms with E-state index in [1.54, 1.807) is 18.2 Å². The van der Waals surface area contributed by atoms with Gasteiger partial charge in [0.1, 0.15) is 17.4 Å². The molecule has 0 unspecified atom stereocenters. The van der Waals surface area contributed by atoms with Crippen LogP contribution in [0.1, 0.15) is 24.0 Å². The van der Waals surface area contributed by atoms with Crippen molar-refractivity contribution in [2.75, 3.05) is 13.7 Å². The van der Waals surface area contributed by atoms with Crippen LogP contribution in [0.5, 0.6) is 23.1 Å². The maximum Gasteiger partial charge on any atom is 0.244 e. The highest BCUT2D eigenvalue weighted by Crippen LogP contribution is 2.46. The molecule has 0 amide bonds. The summed E-state index contributed by atoms with van der Waals surface area (Å²) in [6.45, 7) is 2.50. The van der Waals surface area contributed by atoms with E-state index in [4.69, 9.17) is 19.9 Å². The molecule has 0 fully saturated rings. The van der Waals surface area contributed by atoms with Gasteiger partial charge in [-0.05, 0) is 48.9 Å². The first-order valence-electron chi connectivity index (χ1n) is 9.33. The van der Waals surface area contributed by atoms with Gasteiger partial charge in [0.15, 0.2) is 11.5 Å². The number of nitrogens with two attached hydrogens (primary N) is 1. The van der Waals surface area contributed by atoms with Gasteiger partial charge < -0.3 is 25.1 Å². The number of rotatable bonds is 5. The van der Waals surface area contributed by atoms with E-state index in [9.17, 15) is 10.4 Å². The van der Waals surface area contributed by atoms with E-state index in [0.29, 0.717) is 29.2 Å². The SMILES string of the molecule is CCOc1ccc(-c2[nH]nc3c2[C@@H](c2ccc(OC)c(O)c2)C(C#N)=C(N)O3)cc1. The molecule has 2 aromatic carbocycles. The summed E-state index contributed by atoms with van der Waals surface area (Å²) in [6.07, 6.45) is 0. The number of allylic oxidation sites excluding steroid dienone is 1. The summed E-state index contributed by atoms with van der Waals surface area (Å²) in [7, 11) is 1.47. The molecule has 30 heavy (non-hydrogen) atoms. The molecule has 1 aromatic heterocycles. The molecular weight excluding hydrogens is 384 g/mol. The van der Waals surface area contributed by atoms with E-state index in [1.165, 1.54) is 7.11 Å². The van der Waals surface area contributed by atoms with E-state index in [2.05, 4.69) is 16.3 Å². The first-order valence-corrected chi connectivity index (χ1v) is 9.33. The highest BCUT2D eigenvalue weighted by atomic mass is 16.5. The number of hydrogen-bond donors (Lipinski definition) is 3. The van der Waals surface area contributed by atoms with E-state index in [-0.39, 0.29) is 23.1 Å². The van der Waals surface area contributed by atoms with Crippen LogP contribution in [0.2, 0.25) is 0 Å². The zero-order valence-electron chi connectivity index (χ0n) is 16.5. The van der Waals surface area contributed by atoms with Crippen molar-refractivity contribution in [3.8, 4) is 40.5 Å². The van der Waals surface area contributed by atoms with Gasteiger partial charge in [-0.15, -0.1) is 5.10 Å². The van der Waals surface area contributed by atoms with Crippen molar-refractivity contribution < 1.29 is 19.3 Å². The molecule has 2 heterocycles. The molecule has 8 nitrogen and oxygen atoms in total. The third-order valence-corrected chi connectivity index (χ3v) is 4.93. The predicted molar refractivity (Wildman–Crippen MR) is 109 cm³/mol. The van der Waals surface area contributed by atoms with E-state index in [0.717, 1.165) is 11.3 Å². The van der Waals surface area contributed by atoms with Crippen molar-refractivity contribution in [2.24, 2.45) is 5.73 Å². The molecule has 1 atom stereocenters. The van der Waals surface area contributed by atoms with Gasteiger partial charge in [0.25, 0.3) is 0 Å². The Labute approximate surface area is 173 Å². The molecule has 1 aliphatic heterocycles. The maximum atomic E-state index is 10.3. The molecular formula is C22H20N4O4. The Hall–Kier alpha value is -4.12. The van der Waals surface area contributed by atoms with Gasteiger partial charge >= 0.3 is 0 Å². The molecule has 152 valence electrons. The lowest BCUT2D eigenvalue weighted by molar-refractivity contribution is 0.340. The topological polar surface area (TPSA) is 126 Å². The van der Waals surface area contributed by atoms with Crippen molar-refractivity contribution >= 4 is 0 Å². The highest BCUT2D eigenvalue weighted by Gasteiger charge is 2.36. The Morgan fingerprint density at radius 3 is 2.67 bits per heavy atom. The van der Waals surface area contributed by atoms with Crippen LogP contribution in [-0.2, 0) is 0 Å². The number of aromatic amines is 1. The second-order valence-corrected chi connectivity index (χ2v) is 6.63. The average Bonchev–Trinajstić information content (AvgIpc) is 3.16. The number of hydrogen-bond acceptors (Lipinski definition) is 7. The normalized spacial score (nSPS) is 15.2. The molecule has 3 aromatic rings. The van der Waals surface area contributed by atoms with Crippen molar-refractivity contribution in [3.63, 3.8) is 0 Å². The summed E-state index contributed by atoms with van der Waals surface area (Å²) in [4.78, 5) is 0. The summed E-state index contributed by atoms with van der Waals surface area (Å²) in [6, 6.07) is 14.6. The largest absolute Gasteiger partial charge is 0.504 e. The lowest BCUT2D eigenvalue weighted by atomic mass is 9.83. The van der Waals surface area contributed by atoms with Gasteiger partial charge in [0.05, 0.1) is 30.9 Å². The minimum absolute atomic E-state index is 0.0185. The Balaban J connectivity index is 1.86. The Morgan fingerprint density at radius 2 is 2.03 bits per heavy atom. The molecule has 0 saturated carbocycles. The lowest BCUT2D eigenvalue weighted by Gasteiger charge is -2.24. The van der Waals surface area contributed by atoms with E-state index in [1.807, 2.05) is 31.2 Å². The molecule has 0 radical (unpaired) electrons. The van der Waals surface area contributed by atoms with E-state index < -0.39 is 5.92 Å². The molecule has 4 N–H and O–H groups in total. The zero-order valence-corrected chi connectivity index (χ0v) is 16.5. The predicted octanol–water partition coefficient (Wildman–Crippen LogP) is 3.41. The standard InChI is InChI=1S/C22H20N4O4/c1-3-29-14-7-4-12(5-8-14)20-19-18(13-6-9-17(28-2)16(27)10-13)15(11-23)21(24)30-22(19)26-25-20/h4-10,18,27H,3,24H2,1-2H3,(H,25,26)/t18-/m0/s1. The Kier molecular flexibility index (Phi) is 4.94. The summed E-state index contributed by atoms with van der Waals surface area (Å²) in [5.41, 5.74) is 9.09. The zero-order chi connectivity index (χ0) is 21.3. The highest BCUT2D eigenvalue weighted by molar-refractivity contribution is 5.71. The molecule has 1 aliphatic rings. The monoisotopic (exact) mass is 404 g/mol. The number of benzene rings is 2. The number of phenolic OH excluding ortho intramolecular Hbond substituents is 1. The van der Waals surface area contributed by atoms with Crippen LogP contribution in [-0.4, -0.2) is 29.0 Å². The number of fused-ring (bicyclic) bond motifs is 1. The van der Waals surface area contributed by atoms with Gasteiger partial charge in [-0.3, -0.25) is 5.10 Å². The summed E-state index contributed by atoms with van der Waals surface area (Å²) in [5, 5.41) is 27.3. The van der Waals surface area contributed by atoms with Crippen molar-refractivity contribution in [1.29, 1.82) is 5.26 Å². The van der Waals surface area contributed by atoms with Crippen molar-refractivity contribution in [3.05, 3.63) is 65.0 Å². The van der Waals surface area contributed by atoms with Gasteiger partial charge in [0.2, 0.25) is 11.8 Å². The molecule has 8 heteroatoms. The second kappa shape index (κ2) is 7.72. The summed E-state index contributed by atoms with van der Waals surface area (Å²) in [5.74, 6) is 0.747. The summed E-state index contributed by atoms with van der Waals surface area (Å²) < 4.78 is 16.2. The lowest BCUT2D eigenvalue weighted by Crippen LogP contribution is -2.21. The fourth-order valence-electron chi connectivity index (χ4n) is 3.57. The van der Waals surface area contributed by atoms with Gasteiger partial charge in [-0.1, -0.05) is 6.07 Å². The summed E-state index contributed by atoms with van der Waals surface area (Å²) >= 11 is 0. The van der Waals surface area contributed by atoms with Gasteiger partial charge in [-0.25, -0.2) is 0 Å². The fourth-order valence-corrected chi connectivity index (χ4v) is 3.57. The molecule has 0 aliphatic carbocycles. The van der Waals surface area contributed by atoms with Crippen molar-refractivity contribution in [1.82, 2.24) is 10.2 Å². The number of aromatic nitrogens is 2. The van der Waals surface area contributed by atoms with Crippen molar-refractivity contribution in [2.45, 2.75) is 12.8 Å². The number of phenols is 1.